The van der Waals surface area contributed by atoms with Crippen molar-refractivity contribution in [3.63, 3.8) is 0 Å². The summed E-state index contributed by atoms with van der Waals surface area (Å²) in [6, 6.07) is 4.85. The van der Waals surface area contributed by atoms with E-state index in [1.165, 1.54) is 30.9 Å². The maximum Gasteiger partial charge on any atom is 0.227 e. The Balaban J connectivity index is 2.25. The Kier molecular flexibility index (Phi) is 3.60. The number of benzene rings is 1. The lowest BCUT2D eigenvalue weighted by atomic mass is 10.2. The van der Waals surface area contributed by atoms with E-state index in [4.69, 9.17) is 15.2 Å². The van der Waals surface area contributed by atoms with E-state index in [-0.39, 0.29) is 17.5 Å². The zero-order valence-corrected chi connectivity index (χ0v) is 12.4. The number of hydrogen-bond donors (Lipinski definition) is 2. The highest BCUT2D eigenvalue weighted by molar-refractivity contribution is 5.93. The van der Waals surface area contributed by atoms with E-state index < -0.39 is 0 Å². The van der Waals surface area contributed by atoms with Gasteiger partial charge in [-0.3, -0.25) is 4.57 Å². The van der Waals surface area contributed by atoms with Gasteiger partial charge in [0, 0.05) is 0 Å². The Morgan fingerprint density at radius 2 is 2.04 bits per heavy atom. The van der Waals surface area contributed by atoms with Gasteiger partial charge in [-0.25, -0.2) is 4.99 Å². The summed E-state index contributed by atoms with van der Waals surface area (Å²) in [6.45, 7) is 0. The van der Waals surface area contributed by atoms with Crippen LogP contribution in [0.5, 0.6) is 11.5 Å². The molecule has 23 heavy (non-hydrogen) atoms. The summed E-state index contributed by atoms with van der Waals surface area (Å²) in [5.41, 5.74) is 12.1. The van der Waals surface area contributed by atoms with Crippen LogP contribution in [0.1, 0.15) is 5.82 Å². The molecular weight excluding hydrogens is 298 g/mol. The number of nitrogen functional groups attached to an aromatic ring is 1. The highest BCUT2D eigenvalue weighted by Crippen LogP contribution is 2.35. The molecule has 2 heterocycles. The molecule has 0 atom stereocenters. The third kappa shape index (κ3) is 2.44. The monoisotopic (exact) mass is 311 g/mol. The average Bonchev–Trinajstić information content (AvgIpc) is 2.96. The molecule has 0 spiro atoms. The summed E-state index contributed by atoms with van der Waals surface area (Å²) in [6.07, 6.45) is 1.54. The summed E-state index contributed by atoms with van der Waals surface area (Å²) in [5, 5.41) is 18.1. The second kappa shape index (κ2) is 5.73. The van der Waals surface area contributed by atoms with Gasteiger partial charge in [-0.1, -0.05) is 11.8 Å². The van der Waals surface area contributed by atoms with E-state index in [1.54, 1.807) is 12.1 Å². The van der Waals surface area contributed by atoms with Gasteiger partial charge in [-0.2, -0.15) is 0 Å². The summed E-state index contributed by atoms with van der Waals surface area (Å²) < 4.78 is 11.8. The third-order valence-electron chi connectivity index (χ3n) is 3.14. The van der Waals surface area contributed by atoms with Crippen LogP contribution in [0, 0.1) is 0 Å². The van der Waals surface area contributed by atoms with Gasteiger partial charge >= 0.3 is 0 Å². The molecule has 0 saturated carbocycles. The van der Waals surface area contributed by atoms with E-state index in [1.807, 2.05) is 0 Å². The summed E-state index contributed by atoms with van der Waals surface area (Å²) in [4.78, 5) is 4.24. The molecule has 116 valence electrons. The number of aromatic hydroxyl groups is 1. The van der Waals surface area contributed by atoms with Gasteiger partial charge in [0.2, 0.25) is 11.8 Å². The lowest BCUT2D eigenvalue weighted by Crippen LogP contribution is -2.08. The van der Waals surface area contributed by atoms with Gasteiger partial charge in [0.25, 0.3) is 0 Å². The molecule has 0 unspecified atom stereocenters. The molecule has 0 bridgehead atoms. The number of phenols is 1. The molecule has 0 radical (unpaired) electrons. The predicted octanol–water partition coefficient (Wildman–Crippen LogP) is 1.27. The van der Waals surface area contributed by atoms with Crippen LogP contribution in [0.25, 0.3) is 11.4 Å². The number of rotatable bonds is 3. The second-order valence-electron chi connectivity index (χ2n) is 4.46. The summed E-state index contributed by atoms with van der Waals surface area (Å²) in [5.74, 6) is 1.06. The maximum absolute atomic E-state index is 10.2. The van der Waals surface area contributed by atoms with E-state index in [0.717, 1.165) is 0 Å². The van der Waals surface area contributed by atoms with Crippen LogP contribution in [0.2, 0.25) is 0 Å². The number of anilines is 1. The minimum absolute atomic E-state index is 0.0380. The molecule has 3 rings (SSSR count). The minimum Gasteiger partial charge on any atom is -0.506 e. The van der Waals surface area contributed by atoms with E-state index in [9.17, 15) is 5.11 Å². The first kappa shape index (κ1) is 14.5. The molecule has 0 aliphatic carbocycles. The first-order valence-electron chi connectivity index (χ1n) is 6.57. The van der Waals surface area contributed by atoms with Crippen LogP contribution < -0.4 is 10.5 Å². The van der Waals surface area contributed by atoms with Gasteiger partial charge in [-0.05, 0) is 17.9 Å². The Hall–Kier alpha value is -3.47. The first-order chi connectivity index (χ1) is 11.2. The number of aliphatic imine (C=N–C) groups is 1. The quantitative estimate of drug-likeness (QED) is 0.827. The minimum atomic E-state index is -0.0380. The summed E-state index contributed by atoms with van der Waals surface area (Å²) in [7, 11) is 2.98. The normalized spacial score (nSPS) is 12.8. The highest BCUT2D eigenvalue weighted by Gasteiger charge is 2.22. The lowest BCUT2D eigenvalue weighted by Gasteiger charge is -2.14. The van der Waals surface area contributed by atoms with Crippen molar-refractivity contribution >= 4 is 17.5 Å². The molecule has 0 fully saturated rings. The molecule has 0 saturated heterocycles. The molecule has 1 aromatic heterocycles. The fraction of sp³-hybridized carbons (Fsp3) is 0.133. The average molecular weight is 311 g/mol. The van der Waals surface area contributed by atoms with E-state index in [0.29, 0.717) is 23.0 Å². The van der Waals surface area contributed by atoms with Crippen molar-refractivity contribution in [2.24, 2.45) is 4.99 Å². The standard InChI is InChI=1S/C15H13N5O3/c1-22-11-7-4-6-10(21)13(11)20-14(18-19-15(20)16)9-5-3-8-12(17-9)23-2/h4,6-8,21H,1-2H3,(H2,16,19). The van der Waals surface area contributed by atoms with Crippen LogP contribution in [-0.2, 0) is 4.74 Å². The lowest BCUT2D eigenvalue weighted by molar-refractivity contribution is 0.404. The third-order valence-corrected chi connectivity index (χ3v) is 3.14. The number of nitrogens with two attached hydrogens (primary N) is 1. The molecule has 8 nitrogen and oxygen atoms in total. The van der Waals surface area contributed by atoms with E-state index in [2.05, 4.69) is 26.7 Å². The maximum atomic E-state index is 10.2. The Labute approximate surface area is 131 Å². The van der Waals surface area contributed by atoms with Crippen LogP contribution in [0.3, 0.4) is 0 Å². The van der Waals surface area contributed by atoms with Crippen molar-refractivity contribution in [1.29, 1.82) is 0 Å². The SMILES string of the molecule is COC1=NC(c2nnc(N)n2-c2c(O)cccc2OC)=C=C=C1. The number of aromatic nitrogens is 3. The van der Waals surface area contributed by atoms with Gasteiger partial charge in [0.15, 0.2) is 11.5 Å². The Morgan fingerprint density at radius 3 is 2.78 bits per heavy atom. The molecule has 8 heteroatoms. The number of ether oxygens (including phenoxy) is 2. The first-order valence-corrected chi connectivity index (χ1v) is 6.57. The molecule has 2 aromatic rings. The van der Waals surface area contributed by atoms with Gasteiger partial charge in [-0.15, -0.1) is 10.2 Å². The van der Waals surface area contributed by atoms with Crippen LogP contribution in [0.15, 0.2) is 40.7 Å². The Bertz CT molecular complexity index is 900. The zero-order valence-electron chi connectivity index (χ0n) is 12.4. The van der Waals surface area contributed by atoms with Crippen molar-refractivity contribution in [3.05, 3.63) is 41.6 Å². The smallest absolute Gasteiger partial charge is 0.227 e. The van der Waals surface area contributed by atoms with Gasteiger partial charge < -0.3 is 20.3 Å². The van der Waals surface area contributed by atoms with Gasteiger partial charge in [0.1, 0.15) is 17.2 Å². The highest BCUT2D eigenvalue weighted by atomic mass is 16.5. The number of methoxy groups -OCH3 is 2. The largest absolute Gasteiger partial charge is 0.506 e. The number of hydrogen-bond acceptors (Lipinski definition) is 7. The fourth-order valence-corrected chi connectivity index (χ4v) is 2.12. The summed E-state index contributed by atoms with van der Waals surface area (Å²) >= 11 is 0. The molecular formula is C15H13N5O3. The van der Waals surface area contributed by atoms with Crippen molar-refractivity contribution in [2.45, 2.75) is 0 Å². The topological polar surface area (TPSA) is 108 Å². The number of phenolic OH excluding ortho intramolecular Hbond substituents is 1. The molecule has 1 aromatic carbocycles. The molecule has 0 amide bonds. The van der Waals surface area contributed by atoms with Crippen LogP contribution in [0.4, 0.5) is 5.95 Å². The number of para-hydroxylation sites is 1. The second-order valence-corrected chi connectivity index (χ2v) is 4.46. The van der Waals surface area contributed by atoms with Crippen molar-refractivity contribution in [2.75, 3.05) is 20.0 Å². The Morgan fingerprint density at radius 1 is 1.22 bits per heavy atom. The predicted molar refractivity (Wildman–Crippen MR) is 83.4 cm³/mol. The van der Waals surface area contributed by atoms with Crippen molar-refractivity contribution in [1.82, 2.24) is 14.8 Å². The van der Waals surface area contributed by atoms with Gasteiger partial charge in [0.05, 0.1) is 20.3 Å². The fourth-order valence-electron chi connectivity index (χ4n) is 2.12. The van der Waals surface area contributed by atoms with Crippen LogP contribution >= 0.6 is 0 Å². The van der Waals surface area contributed by atoms with Crippen LogP contribution in [-0.4, -0.2) is 40.0 Å². The molecule has 1 aliphatic heterocycles. The van der Waals surface area contributed by atoms with Crippen molar-refractivity contribution in [3.8, 4) is 17.2 Å². The zero-order chi connectivity index (χ0) is 16.4. The molecule has 1 aliphatic rings. The van der Waals surface area contributed by atoms with Crippen molar-refractivity contribution < 1.29 is 14.6 Å². The van der Waals surface area contributed by atoms with E-state index >= 15 is 0 Å². The molecule has 3 N–H and O–H groups in total. The number of nitrogens with zero attached hydrogens (tertiary/aromatic N) is 4.